The summed E-state index contributed by atoms with van der Waals surface area (Å²) >= 11 is 1.00. The van der Waals surface area contributed by atoms with Crippen molar-refractivity contribution < 1.29 is 14.3 Å². The lowest BCUT2D eigenvalue weighted by molar-refractivity contribution is -0.115. The molecule has 36 heavy (non-hydrogen) atoms. The lowest BCUT2D eigenvalue weighted by atomic mass is 9.48. The molecule has 0 unspecified atom stereocenters. The Bertz CT molecular complexity index is 1410. The number of fused-ring (bicyclic) bond motifs is 1. The second kappa shape index (κ2) is 8.24. The van der Waals surface area contributed by atoms with Crippen LogP contribution in [-0.2, 0) is 10.2 Å². The van der Waals surface area contributed by atoms with E-state index in [2.05, 4.69) is 47.8 Å². The molecular formula is C31H29NO3S. The first-order valence-electron chi connectivity index (χ1n) is 13.0. The van der Waals surface area contributed by atoms with Gasteiger partial charge in [0, 0.05) is 11.1 Å². The number of carbonyl (C=O) groups excluding carboxylic acids is 2. The molecule has 5 aliphatic rings. The SMILES string of the molecule is COc1ccc(C(=C2SC(=O)NC2=O)c2cccc3ccccc23)cc1C12CC3CC(CC(C3)C1)C2. The summed E-state index contributed by atoms with van der Waals surface area (Å²) in [4.78, 5) is 25.7. The van der Waals surface area contributed by atoms with Gasteiger partial charge in [-0.15, -0.1) is 0 Å². The minimum absolute atomic E-state index is 0.144. The lowest BCUT2D eigenvalue weighted by Gasteiger charge is -2.57. The number of methoxy groups -OCH3 is 1. The van der Waals surface area contributed by atoms with Gasteiger partial charge >= 0.3 is 0 Å². The zero-order valence-corrected chi connectivity index (χ0v) is 21.2. The van der Waals surface area contributed by atoms with Gasteiger partial charge in [0.1, 0.15) is 5.75 Å². The summed E-state index contributed by atoms with van der Waals surface area (Å²) in [5.74, 6) is 3.07. The van der Waals surface area contributed by atoms with Crippen molar-refractivity contribution in [3.05, 3.63) is 82.3 Å². The van der Waals surface area contributed by atoms with Crippen LogP contribution in [0, 0.1) is 17.8 Å². The van der Waals surface area contributed by atoms with Crippen LogP contribution in [0.5, 0.6) is 5.75 Å². The molecule has 4 aliphatic carbocycles. The maximum absolute atomic E-state index is 13.0. The van der Waals surface area contributed by atoms with Gasteiger partial charge < -0.3 is 4.74 Å². The van der Waals surface area contributed by atoms with Crippen molar-refractivity contribution >= 4 is 39.3 Å². The van der Waals surface area contributed by atoms with Crippen LogP contribution in [0.3, 0.4) is 0 Å². The van der Waals surface area contributed by atoms with Crippen molar-refractivity contribution in [2.45, 2.75) is 43.9 Å². The molecule has 4 nitrogen and oxygen atoms in total. The predicted molar refractivity (Wildman–Crippen MR) is 144 cm³/mol. The highest BCUT2D eigenvalue weighted by atomic mass is 32.2. The molecular weight excluding hydrogens is 466 g/mol. The Balaban J connectivity index is 1.45. The van der Waals surface area contributed by atoms with Crippen LogP contribution < -0.4 is 10.1 Å². The Hall–Kier alpha value is -3.05. The molecule has 0 spiro atoms. The molecule has 4 bridgehead atoms. The summed E-state index contributed by atoms with van der Waals surface area (Å²) in [6, 6.07) is 20.8. The largest absolute Gasteiger partial charge is 0.496 e. The molecule has 1 aliphatic heterocycles. The monoisotopic (exact) mass is 495 g/mol. The van der Waals surface area contributed by atoms with E-state index in [1.807, 2.05) is 18.2 Å². The van der Waals surface area contributed by atoms with E-state index in [9.17, 15) is 9.59 Å². The van der Waals surface area contributed by atoms with Crippen molar-refractivity contribution in [1.82, 2.24) is 5.32 Å². The van der Waals surface area contributed by atoms with E-state index in [-0.39, 0.29) is 16.6 Å². The average molecular weight is 496 g/mol. The van der Waals surface area contributed by atoms with Crippen LogP contribution >= 0.6 is 11.8 Å². The number of benzene rings is 3. The van der Waals surface area contributed by atoms with E-state index in [1.165, 1.54) is 44.1 Å². The van der Waals surface area contributed by atoms with Crippen LogP contribution in [0.1, 0.15) is 55.2 Å². The Morgan fingerprint density at radius 3 is 2.28 bits per heavy atom. The number of carbonyl (C=O) groups is 2. The fourth-order valence-electron chi connectivity index (χ4n) is 8.05. The molecule has 3 aromatic carbocycles. The zero-order chi connectivity index (χ0) is 24.4. The summed E-state index contributed by atoms with van der Waals surface area (Å²) in [7, 11) is 1.77. The Morgan fingerprint density at radius 2 is 1.61 bits per heavy atom. The first-order valence-corrected chi connectivity index (χ1v) is 13.8. The lowest BCUT2D eigenvalue weighted by Crippen LogP contribution is -2.48. The molecule has 4 saturated carbocycles. The van der Waals surface area contributed by atoms with Crippen molar-refractivity contribution in [1.29, 1.82) is 0 Å². The van der Waals surface area contributed by atoms with Gasteiger partial charge in [0.15, 0.2) is 0 Å². The van der Waals surface area contributed by atoms with Gasteiger partial charge in [0.05, 0.1) is 12.0 Å². The van der Waals surface area contributed by atoms with Gasteiger partial charge in [-0.1, -0.05) is 48.5 Å². The molecule has 0 radical (unpaired) electrons. The summed E-state index contributed by atoms with van der Waals surface area (Å²) in [6.07, 6.45) is 7.83. The fraction of sp³-hybridized carbons (Fsp3) is 0.355. The molecule has 0 aromatic heterocycles. The smallest absolute Gasteiger partial charge is 0.290 e. The maximum atomic E-state index is 13.0. The summed E-state index contributed by atoms with van der Waals surface area (Å²) in [5, 5.41) is 4.35. The highest BCUT2D eigenvalue weighted by Gasteiger charge is 2.52. The number of imide groups is 1. The van der Waals surface area contributed by atoms with Crippen LogP contribution in [-0.4, -0.2) is 18.3 Å². The van der Waals surface area contributed by atoms with Gasteiger partial charge in [-0.25, -0.2) is 0 Å². The van der Waals surface area contributed by atoms with Gasteiger partial charge in [0.25, 0.3) is 11.1 Å². The van der Waals surface area contributed by atoms with Gasteiger partial charge in [0.2, 0.25) is 0 Å². The van der Waals surface area contributed by atoms with E-state index in [0.29, 0.717) is 4.91 Å². The molecule has 5 heteroatoms. The molecule has 2 amide bonds. The molecule has 8 rings (SSSR count). The Kier molecular flexibility index (Phi) is 5.07. The highest BCUT2D eigenvalue weighted by molar-refractivity contribution is 8.18. The average Bonchev–Trinajstić information content (AvgIpc) is 3.20. The number of hydrogen-bond donors (Lipinski definition) is 1. The maximum Gasteiger partial charge on any atom is 0.290 e. The zero-order valence-electron chi connectivity index (χ0n) is 20.4. The molecule has 0 atom stereocenters. The number of amides is 2. The number of nitrogens with one attached hydrogen (secondary N) is 1. The van der Waals surface area contributed by atoms with Crippen LogP contribution in [0.2, 0.25) is 0 Å². The highest BCUT2D eigenvalue weighted by Crippen LogP contribution is 2.62. The van der Waals surface area contributed by atoms with E-state index < -0.39 is 0 Å². The number of rotatable bonds is 4. The molecule has 1 saturated heterocycles. The molecule has 1 heterocycles. The van der Waals surface area contributed by atoms with Crippen LogP contribution in [0.15, 0.2) is 65.6 Å². The minimum atomic E-state index is -0.319. The van der Waals surface area contributed by atoms with Crippen molar-refractivity contribution in [3.63, 3.8) is 0 Å². The fourth-order valence-corrected chi connectivity index (χ4v) is 8.85. The molecule has 182 valence electrons. The van der Waals surface area contributed by atoms with Crippen LogP contribution in [0.25, 0.3) is 16.3 Å². The quantitative estimate of drug-likeness (QED) is 0.394. The number of hydrogen-bond acceptors (Lipinski definition) is 4. The summed E-state index contributed by atoms with van der Waals surface area (Å²) < 4.78 is 5.95. The van der Waals surface area contributed by atoms with Crippen molar-refractivity contribution in [2.24, 2.45) is 17.8 Å². The minimum Gasteiger partial charge on any atom is -0.496 e. The second-order valence-corrected chi connectivity index (χ2v) is 12.2. The van der Waals surface area contributed by atoms with Gasteiger partial charge in [-0.3, -0.25) is 14.9 Å². The van der Waals surface area contributed by atoms with Crippen molar-refractivity contribution in [2.75, 3.05) is 7.11 Å². The number of ether oxygens (including phenoxy) is 1. The Morgan fingerprint density at radius 1 is 0.917 bits per heavy atom. The van der Waals surface area contributed by atoms with E-state index >= 15 is 0 Å². The first kappa shape index (κ1) is 22.2. The molecule has 3 aromatic rings. The van der Waals surface area contributed by atoms with E-state index in [4.69, 9.17) is 4.74 Å². The Labute approximate surface area is 215 Å². The standard InChI is InChI=1S/C31H29NO3S/c1-35-26-10-9-22(14-25(26)31-15-18-11-19(16-31)13-20(12-18)17-31)27(28-29(33)32-30(34)36-28)24-8-4-6-21-5-2-3-7-23(21)24/h2-10,14,18-20H,11-13,15-17H2,1H3,(H,32,33,34). The van der Waals surface area contributed by atoms with Crippen LogP contribution in [0.4, 0.5) is 4.79 Å². The third kappa shape index (κ3) is 3.43. The molecule has 5 fully saturated rings. The van der Waals surface area contributed by atoms with E-state index in [0.717, 1.165) is 62.7 Å². The van der Waals surface area contributed by atoms with E-state index in [1.54, 1.807) is 7.11 Å². The molecule has 1 N–H and O–H groups in total. The third-order valence-electron chi connectivity index (χ3n) is 9.00. The topological polar surface area (TPSA) is 55.4 Å². The normalized spacial score (nSPS) is 30.1. The van der Waals surface area contributed by atoms with Gasteiger partial charge in [-0.2, -0.15) is 0 Å². The van der Waals surface area contributed by atoms with Gasteiger partial charge in [-0.05, 0) is 107 Å². The number of thioether (sulfide) groups is 1. The summed E-state index contributed by atoms with van der Waals surface area (Å²) in [6.45, 7) is 0. The summed E-state index contributed by atoms with van der Waals surface area (Å²) in [5.41, 5.74) is 4.21. The predicted octanol–water partition coefficient (Wildman–Crippen LogP) is 7.06. The van der Waals surface area contributed by atoms with Crippen molar-refractivity contribution in [3.8, 4) is 5.75 Å². The second-order valence-electron chi connectivity index (χ2n) is 11.2. The first-order chi connectivity index (χ1) is 17.5. The third-order valence-corrected chi connectivity index (χ3v) is 9.88.